The Hall–Kier alpha value is -1.04. The quantitative estimate of drug-likeness (QED) is 0.844. The third-order valence-electron chi connectivity index (χ3n) is 2.60. The smallest absolute Gasteiger partial charge is 0.0948 e. The number of hydrogen-bond acceptors (Lipinski definition) is 2. The first kappa shape index (κ1) is 12.4. The Kier molecular flexibility index (Phi) is 4.42. The minimum Gasteiger partial charge on any atom is -0.379 e. The van der Waals surface area contributed by atoms with E-state index in [-0.39, 0.29) is 0 Å². The van der Waals surface area contributed by atoms with Gasteiger partial charge in [-0.15, -0.1) is 0 Å². The number of benzene rings is 1. The van der Waals surface area contributed by atoms with Crippen molar-refractivity contribution in [2.24, 2.45) is 0 Å². The summed E-state index contributed by atoms with van der Waals surface area (Å²) in [5.74, 6) is 0. The molecule has 0 saturated heterocycles. The van der Waals surface area contributed by atoms with Crippen LogP contribution in [-0.4, -0.2) is 9.55 Å². The monoisotopic (exact) mass is 341 g/mol. The van der Waals surface area contributed by atoms with Crippen LogP contribution in [0.4, 0.5) is 5.69 Å². The molecule has 3 nitrogen and oxygen atoms in total. The zero-order valence-corrected chi connectivity index (χ0v) is 12.0. The van der Waals surface area contributed by atoms with E-state index in [1.54, 1.807) is 0 Å². The van der Waals surface area contributed by atoms with E-state index in [1.165, 1.54) is 15.0 Å². The van der Waals surface area contributed by atoms with E-state index < -0.39 is 0 Å². The maximum absolute atomic E-state index is 4.20. The summed E-state index contributed by atoms with van der Waals surface area (Å²) in [7, 11) is 0. The lowest BCUT2D eigenvalue weighted by Crippen LogP contribution is -2.07. The molecule has 4 heteroatoms. The fourth-order valence-electron chi connectivity index (χ4n) is 1.73. The average molecular weight is 341 g/mol. The molecule has 0 atom stereocenters. The van der Waals surface area contributed by atoms with Gasteiger partial charge in [-0.1, -0.05) is 19.1 Å². The number of aryl methyl sites for hydroxylation is 1. The molecule has 2 aromatic rings. The molecule has 0 radical (unpaired) electrons. The van der Waals surface area contributed by atoms with E-state index in [0.29, 0.717) is 0 Å². The highest BCUT2D eigenvalue weighted by molar-refractivity contribution is 14.1. The standard InChI is InChI=1S/C13H16IN3/c1-2-7-17-10-15-8-11(17)9-16-13-6-4-3-5-12(13)14/h3-6,8,10,16H,2,7,9H2,1H3. The van der Waals surface area contributed by atoms with Crippen LogP contribution in [0.3, 0.4) is 0 Å². The van der Waals surface area contributed by atoms with Gasteiger partial charge in [-0.05, 0) is 41.1 Å². The van der Waals surface area contributed by atoms with Crippen molar-refractivity contribution in [2.45, 2.75) is 26.4 Å². The van der Waals surface area contributed by atoms with Gasteiger partial charge in [0, 0.05) is 22.0 Å². The van der Waals surface area contributed by atoms with E-state index in [4.69, 9.17) is 0 Å². The van der Waals surface area contributed by atoms with Crippen molar-refractivity contribution >= 4 is 28.3 Å². The van der Waals surface area contributed by atoms with Crippen molar-refractivity contribution in [1.29, 1.82) is 0 Å². The molecule has 17 heavy (non-hydrogen) atoms. The molecule has 0 amide bonds. The van der Waals surface area contributed by atoms with E-state index in [9.17, 15) is 0 Å². The normalized spacial score (nSPS) is 10.5. The fourth-order valence-corrected chi connectivity index (χ4v) is 2.31. The van der Waals surface area contributed by atoms with Crippen molar-refractivity contribution in [3.8, 4) is 0 Å². The van der Waals surface area contributed by atoms with Crippen LogP contribution in [0.1, 0.15) is 19.0 Å². The topological polar surface area (TPSA) is 29.9 Å². The average Bonchev–Trinajstić information content (AvgIpc) is 2.76. The molecule has 0 fully saturated rings. The first-order valence-corrected chi connectivity index (χ1v) is 6.86. The molecule has 1 heterocycles. The second-order valence-electron chi connectivity index (χ2n) is 3.91. The molecular weight excluding hydrogens is 325 g/mol. The number of halogens is 1. The molecule has 0 aliphatic carbocycles. The molecule has 0 aliphatic rings. The van der Waals surface area contributed by atoms with Crippen LogP contribution in [0.5, 0.6) is 0 Å². The van der Waals surface area contributed by atoms with Gasteiger partial charge in [0.2, 0.25) is 0 Å². The first-order valence-electron chi connectivity index (χ1n) is 5.78. The lowest BCUT2D eigenvalue weighted by molar-refractivity contribution is 0.651. The van der Waals surface area contributed by atoms with Crippen molar-refractivity contribution in [3.63, 3.8) is 0 Å². The molecule has 0 saturated carbocycles. The summed E-state index contributed by atoms with van der Waals surface area (Å²) in [6.07, 6.45) is 4.96. The Labute approximate surface area is 115 Å². The van der Waals surface area contributed by atoms with Crippen LogP contribution < -0.4 is 5.32 Å². The summed E-state index contributed by atoms with van der Waals surface area (Å²) in [5.41, 5.74) is 2.41. The second kappa shape index (κ2) is 6.05. The summed E-state index contributed by atoms with van der Waals surface area (Å²) in [5, 5.41) is 3.45. The van der Waals surface area contributed by atoms with Gasteiger partial charge in [0.25, 0.3) is 0 Å². The highest BCUT2D eigenvalue weighted by Crippen LogP contribution is 2.17. The van der Waals surface area contributed by atoms with E-state index in [1.807, 2.05) is 24.7 Å². The van der Waals surface area contributed by atoms with Crippen LogP contribution in [0, 0.1) is 3.57 Å². The van der Waals surface area contributed by atoms with Crippen LogP contribution in [0.25, 0.3) is 0 Å². The van der Waals surface area contributed by atoms with Crippen LogP contribution in [0.2, 0.25) is 0 Å². The van der Waals surface area contributed by atoms with Crippen LogP contribution in [-0.2, 0) is 13.1 Å². The molecule has 1 N–H and O–H groups in total. The SMILES string of the molecule is CCCn1cncc1CNc1ccccc1I. The molecule has 0 aliphatic heterocycles. The van der Waals surface area contributed by atoms with Gasteiger partial charge >= 0.3 is 0 Å². The minimum absolute atomic E-state index is 0.819. The van der Waals surface area contributed by atoms with Crippen molar-refractivity contribution in [3.05, 3.63) is 46.1 Å². The van der Waals surface area contributed by atoms with Crippen molar-refractivity contribution < 1.29 is 0 Å². The lowest BCUT2D eigenvalue weighted by Gasteiger charge is -2.10. The number of imidazole rings is 1. The number of aromatic nitrogens is 2. The predicted octanol–water partition coefficient (Wildman–Crippen LogP) is 3.51. The maximum Gasteiger partial charge on any atom is 0.0948 e. The first-order chi connectivity index (χ1) is 8.31. The van der Waals surface area contributed by atoms with E-state index in [0.717, 1.165) is 19.5 Å². The molecule has 0 bridgehead atoms. The summed E-state index contributed by atoms with van der Waals surface area (Å²) < 4.78 is 3.44. The molecular formula is C13H16IN3. The number of rotatable bonds is 5. The van der Waals surface area contributed by atoms with Gasteiger partial charge in [0.15, 0.2) is 0 Å². The molecule has 2 rings (SSSR count). The summed E-state index contributed by atoms with van der Waals surface area (Å²) in [6.45, 7) is 4.03. The van der Waals surface area contributed by atoms with Gasteiger partial charge in [-0.2, -0.15) is 0 Å². The van der Waals surface area contributed by atoms with Gasteiger partial charge in [0.1, 0.15) is 0 Å². The Morgan fingerprint density at radius 1 is 1.35 bits per heavy atom. The molecule has 0 unspecified atom stereocenters. The van der Waals surface area contributed by atoms with Crippen LogP contribution in [0.15, 0.2) is 36.8 Å². The molecule has 0 spiro atoms. The van der Waals surface area contributed by atoms with Gasteiger partial charge < -0.3 is 9.88 Å². The van der Waals surface area contributed by atoms with E-state index >= 15 is 0 Å². The predicted molar refractivity (Wildman–Crippen MR) is 79.0 cm³/mol. The third-order valence-corrected chi connectivity index (χ3v) is 3.54. The maximum atomic E-state index is 4.20. The molecule has 1 aromatic carbocycles. The molecule has 90 valence electrons. The zero-order valence-electron chi connectivity index (χ0n) is 9.86. The highest BCUT2D eigenvalue weighted by Gasteiger charge is 2.02. The summed E-state index contributed by atoms with van der Waals surface area (Å²) in [4.78, 5) is 4.20. The minimum atomic E-state index is 0.819. The van der Waals surface area contributed by atoms with E-state index in [2.05, 4.69) is 56.5 Å². The second-order valence-corrected chi connectivity index (χ2v) is 5.07. The number of anilines is 1. The Balaban J connectivity index is 2.02. The van der Waals surface area contributed by atoms with Crippen LogP contribution >= 0.6 is 22.6 Å². The van der Waals surface area contributed by atoms with Gasteiger partial charge in [0.05, 0.1) is 18.6 Å². The molecule has 1 aromatic heterocycles. The van der Waals surface area contributed by atoms with Crippen molar-refractivity contribution in [2.75, 3.05) is 5.32 Å². The number of nitrogens with one attached hydrogen (secondary N) is 1. The van der Waals surface area contributed by atoms with Gasteiger partial charge in [-0.3, -0.25) is 0 Å². The number of para-hydroxylation sites is 1. The summed E-state index contributed by atoms with van der Waals surface area (Å²) >= 11 is 2.34. The Morgan fingerprint density at radius 3 is 2.94 bits per heavy atom. The summed E-state index contributed by atoms with van der Waals surface area (Å²) in [6, 6.07) is 8.30. The third kappa shape index (κ3) is 3.21. The number of hydrogen-bond donors (Lipinski definition) is 1. The van der Waals surface area contributed by atoms with Gasteiger partial charge in [-0.25, -0.2) is 4.98 Å². The van der Waals surface area contributed by atoms with Crippen molar-refractivity contribution in [1.82, 2.24) is 9.55 Å². The number of nitrogens with zero attached hydrogens (tertiary/aromatic N) is 2. The Bertz CT molecular complexity index is 479. The Morgan fingerprint density at radius 2 is 2.18 bits per heavy atom. The lowest BCUT2D eigenvalue weighted by atomic mass is 10.3. The largest absolute Gasteiger partial charge is 0.379 e. The zero-order chi connectivity index (χ0) is 12.1. The highest BCUT2D eigenvalue weighted by atomic mass is 127. The fraction of sp³-hybridized carbons (Fsp3) is 0.308.